The zero-order valence-electron chi connectivity index (χ0n) is 6.18. The summed E-state index contributed by atoms with van der Waals surface area (Å²) in [6.07, 6.45) is 1.80. The van der Waals surface area contributed by atoms with Crippen LogP contribution in [0.25, 0.3) is 0 Å². The Labute approximate surface area is 60.2 Å². The van der Waals surface area contributed by atoms with Crippen molar-refractivity contribution >= 4 is 5.71 Å². The summed E-state index contributed by atoms with van der Waals surface area (Å²) in [5, 5.41) is 3.03. The summed E-state index contributed by atoms with van der Waals surface area (Å²) in [5.74, 6) is 5.18. The lowest BCUT2D eigenvalue weighted by Gasteiger charge is -2.19. The normalized spacial score (nSPS) is 24.9. The van der Waals surface area contributed by atoms with E-state index in [1.165, 1.54) is 0 Å². The Balaban J connectivity index is 2.67. The molecule has 10 heavy (non-hydrogen) atoms. The van der Waals surface area contributed by atoms with Gasteiger partial charge in [0.2, 0.25) is 0 Å². The summed E-state index contributed by atoms with van der Waals surface area (Å²) in [4.78, 5) is 4.14. The SMILES string of the molecule is CC1=CC(C)=NC(NN)N1. The molecule has 4 N–H and O–H groups in total. The van der Waals surface area contributed by atoms with Crippen molar-refractivity contribution in [1.29, 1.82) is 0 Å². The summed E-state index contributed by atoms with van der Waals surface area (Å²) in [7, 11) is 0. The van der Waals surface area contributed by atoms with Crippen molar-refractivity contribution in [1.82, 2.24) is 10.7 Å². The Morgan fingerprint density at radius 3 is 2.90 bits per heavy atom. The minimum Gasteiger partial charge on any atom is -0.354 e. The number of hydrogen-bond acceptors (Lipinski definition) is 4. The average Bonchev–Trinajstić information content (AvgIpc) is 1.85. The molecule has 4 nitrogen and oxygen atoms in total. The van der Waals surface area contributed by atoms with Crippen LogP contribution in [0.15, 0.2) is 16.8 Å². The lowest BCUT2D eigenvalue weighted by Crippen LogP contribution is -2.45. The van der Waals surface area contributed by atoms with E-state index in [0.717, 1.165) is 11.4 Å². The number of nitrogens with zero attached hydrogens (tertiary/aromatic N) is 1. The van der Waals surface area contributed by atoms with Gasteiger partial charge in [-0.15, -0.1) is 0 Å². The Morgan fingerprint density at radius 2 is 2.40 bits per heavy atom. The first-order valence-electron chi connectivity index (χ1n) is 3.18. The topological polar surface area (TPSA) is 62.4 Å². The molecule has 0 bridgehead atoms. The number of nitrogens with two attached hydrogens (primary N) is 1. The highest BCUT2D eigenvalue weighted by Crippen LogP contribution is 1.98. The zero-order chi connectivity index (χ0) is 7.56. The highest BCUT2D eigenvalue weighted by Gasteiger charge is 2.06. The van der Waals surface area contributed by atoms with Crippen LogP contribution in [0.2, 0.25) is 0 Å². The maximum atomic E-state index is 5.18. The number of hydrazine groups is 1. The van der Waals surface area contributed by atoms with Crippen LogP contribution in [0.3, 0.4) is 0 Å². The van der Waals surface area contributed by atoms with Gasteiger partial charge >= 0.3 is 0 Å². The van der Waals surface area contributed by atoms with Gasteiger partial charge in [0, 0.05) is 11.4 Å². The van der Waals surface area contributed by atoms with Crippen molar-refractivity contribution in [2.75, 3.05) is 0 Å². The number of allylic oxidation sites excluding steroid dienone is 2. The molecule has 1 atom stereocenters. The minimum atomic E-state index is -0.162. The predicted molar refractivity (Wildman–Crippen MR) is 41.1 cm³/mol. The number of nitrogens with one attached hydrogen (secondary N) is 2. The number of hydrogen-bond donors (Lipinski definition) is 3. The van der Waals surface area contributed by atoms with Crippen molar-refractivity contribution in [2.24, 2.45) is 10.8 Å². The lowest BCUT2D eigenvalue weighted by molar-refractivity contribution is 0.485. The third-order valence-corrected chi connectivity index (χ3v) is 1.28. The summed E-state index contributed by atoms with van der Waals surface area (Å²) in [5.41, 5.74) is 4.59. The predicted octanol–water partition coefficient (Wildman–Crippen LogP) is -0.299. The third kappa shape index (κ3) is 1.55. The van der Waals surface area contributed by atoms with E-state index < -0.39 is 0 Å². The standard InChI is InChI=1S/C6H12N4/c1-4-3-5(2)9-6(8-4)10-7/h3,6,8,10H,7H2,1-2H3. The molecule has 0 aromatic rings. The molecule has 0 spiro atoms. The second kappa shape index (κ2) is 2.81. The number of rotatable bonds is 1. The molecule has 0 aromatic heterocycles. The van der Waals surface area contributed by atoms with Crippen LogP contribution in [-0.4, -0.2) is 12.0 Å². The van der Waals surface area contributed by atoms with Gasteiger partial charge in [-0.3, -0.25) is 5.84 Å². The van der Waals surface area contributed by atoms with E-state index in [0.29, 0.717) is 0 Å². The van der Waals surface area contributed by atoms with Gasteiger partial charge in [0.1, 0.15) is 0 Å². The fraction of sp³-hybridized carbons (Fsp3) is 0.500. The molecule has 0 radical (unpaired) electrons. The summed E-state index contributed by atoms with van der Waals surface area (Å²) < 4.78 is 0. The van der Waals surface area contributed by atoms with Crippen molar-refractivity contribution in [3.05, 3.63) is 11.8 Å². The van der Waals surface area contributed by atoms with Crippen molar-refractivity contribution < 1.29 is 0 Å². The van der Waals surface area contributed by atoms with Gasteiger partial charge in [-0.25, -0.2) is 10.4 Å². The van der Waals surface area contributed by atoms with E-state index in [1.54, 1.807) is 0 Å². The first-order chi connectivity index (χ1) is 4.72. The molecule has 0 aromatic carbocycles. The van der Waals surface area contributed by atoms with E-state index >= 15 is 0 Å². The van der Waals surface area contributed by atoms with E-state index in [2.05, 4.69) is 15.7 Å². The van der Waals surface area contributed by atoms with E-state index in [1.807, 2.05) is 19.9 Å². The molecule has 0 saturated heterocycles. The lowest BCUT2D eigenvalue weighted by atomic mass is 10.3. The van der Waals surface area contributed by atoms with E-state index in [4.69, 9.17) is 5.84 Å². The monoisotopic (exact) mass is 140 g/mol. The zero-order valence-corrected chi connectivity index (χ0v) is 6.18. The van der Waals surface area contributed by atoms with Crippen molar-refractivity contribution in [3.8, 4) is 0 Å². The van der Waals surface area contributed by atoms with Gasteiger partial charge in [0.25, 0.3) is 0 Å². The molecule has 1 heterocycles. The first-order valence-corrected chi connectivity index (χ1v) is 3.18. The molecule has 0 saturated carbocycles. The van der Waals surface area contributed by atoms with E-state index in [-0.39, 0.29) is 6.29 Å². The van der Waals surface area contributed by atoms with E-state index in [9.17, 15) is 0 Å². The maximum Gasteiger partial charge on any atom is 0.185 e. The first kappa shape index (κ1) is 7.24. The molecule has 0 fully saturated rings. The van der Waals surface area contributed by atoms with Crippen molar-refractivity contribution in [3.63, 3.8) is 0 Å². The average molecular weight is 140 g/mol. The van der Waals surface area contributed by atoms with Crippen LogP contribution in [0.4, 0.5) is 0 Å². The van der Waals surface area contributed by atoms with Crippen molar-refractivity contribution in [2.45, 2.75) is 20.1 Å². The van der Waals surface area contributed by atoms with Crippen LogP contribution >= 0.6 is 0 Å². The molecule has 1 rings (SSSR count). The molecule has 1 aliphatic rings. The fourth-order valence-corrected chi connectivity index (χ4v) is 0.923. The van der Waals surface area contributed by atoms with Gasteiger partial charge < -0.3 is 5.32 Å². The second-order valence-electron chi connectivity index (χ2n) is 2.31. The largest absolute Gasteiger partial charge is 0.354 e. The highest BCUT2D eigenvalue weighted by molar-refractivity contribution is 5.93. The van der Waals surface area contributed by atoms with Crippen LogP contribution in [0.1, 0.15) is 13.8 Å². The molecule has 0 aliphatic carbocycles. The summed E-state index contributed by atoms with van der Waals surface area (Å²) >= 11 is 0. The molecular formula is C6H12N4. The summed E-state index contributed by atoms with van der Waals surface area (Å²) in [6.45, 7) is 3.91. The van der Waals surface area contributed by atoms with Gasteiger partial charge in [-0.1, -0.05) is 0 Å². The Morgan fingerprint density at radius 1 is 1.70 bits per heavy atom. The minimum absolute atomic E-state index is 0.162. The Hall–Kier alpha value is -0.870. The molecule has 1 unspecified atom stereocenters. The van der Waals surface area contributed by atoms with Gasteiger partial charge in [0.15, 0.2) is 6.29 Å². The highest BCUT2D eigenvalue weighted by atomic mass is 15.4. The van der Waals surface area contributed by atoms with Gasteiger partial charge in [-0.2, -0.15) is 0 Å². The molecule has 4 heteroatoms. The summed E-state index contributed by atoms with van der Waals surface area (Å²) in [6, 6.07) is 0. The molecular weight excluding hydrogens is 128 g/mol. The van der Waals surface area contributed by atoms with Crippen LogP contribution in [0.5, 0.6) is 0 Å². The van der Waals surface area contributed by atoms with Gasteiger partial charge in [0.05, 0.1) is 0 Å². The van der Waals surface area contributed by atoms with Gasteiger partial charge in [-0.05, 0) is 19.9 Å². The number of aliphatic imine (C=N–C) groups is 1. The Kier molecular flexibility index (Phi) is 2.03. The maximum absolute atomic E-state index is 5.18. The molecule has 56 valence electrons. The second-order valence-corrected chi connectivity index (χ2v) is 2.31. The van der Waals surface area contributed by atoms with Crippen LogP contribution in [-0.2, 0) is 0 Å². The smallest absolute Gasteiger partial charge is 0.185 e. The quantitative estimate of drug-likeness (QED) is 0.346. The van der Waals surface area contributed by atoms with Crippen LogP contribution in [0, 0.1) is 0 Å². The third-order valence-electron chi connectivity index (χ3n) is 1.28. The fourth-order valence-electron chi connectivity index (χ4n) is 0.923. The van der Waals surface area contributed by atoms with Crippen LogP contribution < -0.4 is 16.6 Å². The molecule has 0 amide bonds. The Bertz CT molecular complexity index is 182. The molecule has 1 aliphatic heterocycles.